The van der Waals surface area contributed by atoms with Gasteiger partial charge in [-0.15, -0.1) is 0 Å². The molecule has 1 aliphatic heterocycles. The van der Waals surface area contributed by atoms with E-state index in [0.717, 1.165) is 25.9 Å². The monoisotopic (exact) mass is 339 g/mol. The van der Waals surface area contributed by atoms with Gasteiger partial charge >= 0.3 is 5.97 Å². The molecule has 0 aromatic heterocycles. The summed E-state index contributed by atoms with van der Waals surface area (Å²) in [7, 11) is 0. The van der Waals surface area contributed by atoms with E-state index in [1.807, 2.05) is 4.90 Å². The highest BCUT2D eigenvalue weighted by molar-refractivity contribution is 5.77. The highest BCUT2D eigenvalue weighted by Gasteiger charge is 2.24. The number of carbonyl (C=O) groups excluding carboxylic acids is 2. The van der Waals surface area contributed by atoms with Gasteiger partial charge in [0.25, 0.3) is 0 Å². The number of rotatable bonds is 9. The van der Waals surface area contributed by atoms with Crippen LogP contribution in [0.4, 0.5) is 0 Å². The van der Waals surface area contributed by atoms with Crippen LogP contribution in [0.3, 0.4) is 0 Å². The van der Waals surface area contributed by atoms with Crippen LogP contribution in [0.2, 0.25) is 0 Å². The van der Waals surface area contributed by atoms with Crippen molar-refractivity contribution in [3.63, 3.8) is 0 Å². The molecule has 0 radical (unpaired) electrons. The number of hydrogen-bond acceptors (Lipinski definition) is 4. The molecule has 1 atom stereocenters. The lowest BCUT2D eigenvalue weighted by Gasteiger charge is -2.27. The number of amides is 1. The Hall–Kier alpha value is -1.10. The molecule has 1 aliphatic carbocycles. The van der Waals surface area contributed by atoms with Crippen molar-refractivity contribution in [2.75, 3.05) is 26.3 Å². The van der Waals surface area contributed by atoms with Gasteiger partial charge in [-0.2, -0.15) is 0 Å². The molecule has 2 aliphatic rings. The molecule has 0 aromatic rings. The predicted molar refractivity (Wildman–Crippen MR) is 92.6 cm³/mol. The molecule has 0 aromatic carbocycles. The third-order valence-corrected chi connectivity index (χ3v) is 5.18. The zero-order valence-electron chi connectivity index (χ0n) is 15.1. The summed E-state index contributed by atoms with van der Waals surface area (Å²) in [6, 6.07) is 0. The summed E-state index contributed by atoms with van der Waals surface area (Å²) in [6.45, 7) is 4.04. The SMILES string of the molecule is CCOC(=O)CCN(CC1CCCO1)C(=O)CCC1CCCCC1. The van der Waals surface area contributed by atoms with E-state index in [-0.39, 0.29) is 24.4 Å². The van der Waals surface area contributed by atoms with Gasteiger partial charge in [-0.25, -0.2) is 0 Å². The first-order chi connectivity index (χ1) is 11.7. The minimum absolute atomic E-state index is 0.130. The largest absolute Gasteiger partial charge is 0.466 e. The fourth-order valence-electron chi connectivity index (χ4n) is 3.77. The second-order valence-corrected chi connectivity index (χ2v) is 7.07. The van der Waals surface area contributed by atoms with Crippen LogP contribution in [-0.4, -0.2) is 49.2 Å². The van der Waals surface area contributed by atoms with Gasteiger partial charge in [-0.3, -0.25) is 9.59 Å². The fraction of sp³-hybridized carbons (Fsp3) is 0.895. The van der Waals surface area contributed by atoms with Crippen molar-refractivity contribution in [2.45, 2.75) is 77.2 Å². The van der Waals surface area contributed by atoms with Gasteiger partial charge in [0.15, 0.2) is 0 Å². The molecule has 1 saturated carbocycles. The van der Waals surface area contributed by atoms with E-state index in [1.165, 1.54) is 32.1 Å². The van der Waals surface area contributed by atoms with Gasteiger partial charge in [0, 0.05) is 26.1 Å². The summed E-state index contributed by atoms with van der Waals surface area (Å²) in [6.07, 6.45) is 10.5. The predicted octanol–water partition coefficient (Wildman–Crippen LogP) is 3.31. The van der Waals surface area contributed by atoms with Gasteiger partial charge in [0.2, 0.25) is 5.91 Å². The molecule has 5 heteroatoms. The van der Waals surface area contributed by atoms with E-state index in [1.54, 1.807) is 6.92 Å². The van der Waals surface area contributed by atoms with Crippen LogP contribution in [0.1, 0.15) is 71.1 Å². The minimum atomic E-state index is -0.227. The molecule has 2 rings (SSSR count). The molecule has 138 valence electrons. The lowest BCUT2D eigenvalue weighted by Crippen LogP contribution is -2.39. The third kappa shape index (κ3) is 6.80. The maximum Gasteiger partial charge on any atom is 0.307 e. The molecular formula is C19H33NO4. The first-order valence-electron chi connectivity index (χ1n) is 9.74. The van der Waals surface area contributed by atoms with Crippen LogP contribution in [0.5, 0.6) is 0 Å². The van der Waals surface area contributed by atoms with E-state index in [4.69, 9.17) is 9.47 Å². The lowest BCUT2D eigenvalue weighted by molar-refractivity contribution is -0.144. The molecule has 0 bridgehead atoms. The average molecular weight is 339 g/mol. The number of nitrogens with zero attached hydrogens (tertiary/aromatic N) is 1. The van der Waals surface area contributed by atoms with Gasteiger partial charge < -0.3 is 14.4 Å². The van der Waals surface area contributed by atoms with E-state index in [0.29, 0.717) is 32.0 Å². The summed E-state index contributed by atoms with van der Waals surface area (Å²) in [5, 5.41) is 0. The summed E-state index contributed by atoms with van der Waals surface area (Å²) >= 11 is 0. The van der Waals surface area contributed by atoms with Gasteiger partial charge in [0.05, 0.1) is 19.1 Å². The van der Waals surface area contributed by atoms with Crippen LogP contribution in [0, 0.1) is 5.92 Å². The van der Waals surface area contributed by atoms with Crippen LogP contribution < -0.4 is 0 Å². The molecular weight excluding hydrogens is 306 g/mol. The second-order valence-electron chi connectivity index (χ2n) is 7.07. The molecule has 24 heavy (non-hydrogen) atoms. The zero-order valence-corrected chi connectivity index (χ0v) is 15.1. The summed E-state index contributed by atoms with van der Waals surface area (Å²) < 4.78 is 10.7. The Morgan fingerprint density at radius 3 is 2.54 bits per heavy atom. The quantitative estimate of drug-likeness (QED) is 0.605. The van der Waals surface area contributed by atoms with Gasteiger partial charge in [-0.05, 0) is 32.1 Å². The van der Waals surface area contributed by atoms with Crippen LogP contribution in [-0.2, 0) is 19.1 Å². The Labute approximate surface area is 146 Å². The number of ether oxygens (including phenoxy) is 2. The highest BCUT2D eigenvalue weighted by Crippen LogP contribution is 2.27. The topological polar surface area (TPSA) is 55.8 Å². The fourth-order valence-corrected chi connectivity index (χ4v) is 3.77. The molecule has 5 nitrogen and oxygen atoms in total. The van der Waals surface area contributed by atoms with Crippen molar-refractivity contribution >= 4 is 11.9 Å². The highest BCUT2D eigenvalue weighted by atomic mass is 16.5. The van der Waals surface area contributed by atoms with E-state index >= 15 is 0 Å². The average Bonchev–Trinajstić information content (AvgIpc) is 3.11. The second kappa shape index (κ2) is 10.7. The standard InChI is InChI=1S/C19H33NO4/c1-2-23-19(22)12-13-20(15-17-9-6-14-24-17)18(21)11-10-16-7-4-3-5-8-16/h16-17H,2-15H2,1H3. The van der Waals surface area contributed by atoms with Crippen LogP contribution >= 0.6 is 0 Å². The normalized spacial score (nSPS) is 21.6. The van der Waals surface area contributed by atoms with E-state index < -0.39 is 0 Å². The lowest BCUT2D eigenvalue weighted by atomic mass is 9.86. The molecule has 1 amide bonds. The Balaban J connectivity index is 1.79. The van der Waals surface area contributed by atoms with E-state index in [9.17, 15) is 9.59 Å². The molecule has 1 heterocycles. The molecule has 2 fully saturated rings. The smallest absolute Gasteiger partial charge is 0.307 e. The van der Waals surface area contributed by atoms with Gasteiger partial charge in [0.1, 0.15) is 0 Å². The van der Waals surface area contributed by atoms with Gasteiger partial charge in [-0.1, -0.05) is 32.1 Å². The zero-order chi connectivity index (χ0) is 17.2. The van der Waals surface area contributed by atoms with Crippen molar-refractivity contribution < 1.29 is 19.1 Å². The Morgan fingerprint density at radius 2 is 1.88 bits per heavy atom. The molecule has 1 unspecified atom stereocenters. The van der Waals surface area contributed by atoms with Crippen molar-refractivity contribution in [3.05, 3.63) is 0 Å². The summed E-state index contributed by atoms with van der Waals surface area (Å²) in [4.78, 5) is 26.1. The number of carbonyl (C=O) groups is 2. The van der Waals surface area contributed by atoms with Crippen molar-refractivity contribution in [2.24, 2.45) is 5.92 Å². The number of esters is 1. The molecule has 0 spiro atoms. The van der Waals surface area contributed by atoms with E-state index in [2.05, 4.69) is 0 Å². The Bertz CT molecular complexity index is 387. The third-order valence-electron chi connectivity index (χ3n) is 5.18. The van der Waals surface area contributed by atoms with Crippen molar-refractivity contribution in [3.8, 4) is 0 Å². The summed E-state index contributed by atoms with van der Waals surface area (Å²) in [5.74, 6) is 0.646. The Kier molecular flexibility index (Phi) is 8.57. The van der Waals surface area contributed by atoms with Crippen molar-refractivity contribution in [1.29, 1.82) is 0 Å². The van der Waals surface area contributed by atoms with Crippen molar-refractivity contribution in [1.82, 2.24) is 4.90 Å². The van der Waals surface area contributed by atoms with Crippen LogP contribution in [0.25, 0.3) is 0 Å². The summed E-state index contributed by atoms with van der Waals surface area (Å²) in [5.41, 5.74) is 0. The number of hydrogen-bond donors (Lipinski definition) is 0. The maximum atomic E-state index is 12.7. The molecule has 1 saturated heterocycles. The maximum absolute atomic E-state index is 12.7. The first-order valence-corrected chi connectivity index (χ1v) is 9.74. The van der Waals surface area contributed by atoms with Crippen LogP contribution in [0.15, 0.2) is 0 Å². The minimum Gasteiger partial charge on any atom is -0.466 e. The Morgan fingerprint density at radius 1 is 1.08 bits per heavy atom. The first kappa shape index (κ1) is 19.2. The molecule has 0 N–H and O–H groups in total.